The second kappa shape index (κ2) is 7.46. The lowest BCUT2D eigenvalue weighted by Gasteiger charge is -2.07. The van der Waals surface area contributed by atoms with Gasteiger partial charge < -0.3 is 10.1 Å². The van der Waals surface area contributed by atoms with Crippen molar-refractivity contribution in [2.75, 3.05) is 7.05 Å². The van der Waals surface area contributed by atoms with Crippen molar-refractivity contribution in [2.24, 2.45) is 0 Å². The Morgan fingerprint density at radius 3 is 2.81 bits per heavy atom. The molecule has 7 nitrogen and oxygen atoms in total. The SMILES string of the molecule is CNC(=O)OCc1cn(S(=O)(=O)c2cccnc2)c2cc(CBr)ccc12. The maximum Gasteiger partial charge on any atom is 0.407 e. The van der Waals surface area contributed by atoms with Gasteiger partial charge in [-0.25, -0.2) is 17.2 Å². The average molecular weight is 438 g/mol. The summed E-state index contributed by atoms with van der Waals surface area (Å²) in [7, 11) is -2.37. The van der Waals surface area contributed by atoms with E-state index in [2.05, 4.69) is 26.2 Å². The number of nitrogens with one attached hydrogen (secondary N) is 1. The highest BCUT2D eigenvalue weighted by Gasteiger charge is 2.22. The third-order valence-electron chi connectivity index (χ3n) is 3.83. The molecule has 1 amide bonds. The molecule has 0 spiro atoms. The number of hydrogen-bond donors (Lipinski definition) is 1. The number of carbonyl (C=O) groups excluding carboxylic acids is 1. The van der Waals surface area contributed by atoms with Crippen molar-refractivity contribution in [1.82, 2.24) is 14.3 Å². The highest BCUT2D eigenvalue weighted by molar-refractivity contribution is 9.08. The van der Waals surface area contributed by atoms with Crippen molar-refractivity contribution in [2.45, 2.75) is 16.8 Å². The Hall–Kier alpha value is -2.39. The Morgan fingerprint density at radius 2 is 2.15 bits per heavy atom. The minimum atomic E-state index is -3.83. The molecule has 0 saturated carbocycles. The van der Waals surface area contributed by atoms with Crippen molar-refractivity contribution in [3.63, 3.8) is 0 Å². The number of nitrogens with zero attached hydrogens (tertiary/aromatic N) is 2. The Bertz CT molecular complexity index is 1050. The molecule has 0 unspecified atom stereocenters. The van der Waals surface area contributed by atoms with Crippen molar-refractivity contribution < 1.29 is 17.9 Å². The quantitative estimate of drug-likeness (QED) is 0.619. The van der Waals surface area contributed by atoms with Gasteiger partial charge in [0.15, 0.2) is 0 Å². The topological polar surface area (TPSA) is 90.3 Å². The molecule has 0 aliphatic rings. The smallest absolute Gasteiger partial charge is 0.407 e. The number of fused-ring (bicyclic) bond motifs is 1. The maximum atomic E-state index is 13.0. The molecule has 0 atom stereocenters. The van der Waals surface area contributed by atoms with Gasteiger partial charge in [0.05, 0.1) is 5.52 Å². The Balaban J connectivity index is 2.16. The van der Waals surface area contributed by atoms with Crippen LogP contribution >= 0.6 is 15.9 Å². The fourth-order valence-electron chi connectivity index (χ4n) is 2.54. The number of alkyl halides is 1. The van der Waals surface area contributed by atoms with Gasteiger partial charge in [-0.05, 0) is 23.8 Å². The van der Waals surface area contributed by atoms with Gasteiger partial charge in [0.2, 0.25) is 0 Å². The second-order valence-electron chi connectivity index (χ2n) is 5.46. The fourth-order valence-corrected chi connectivity index (χ4v) is 4.23. The first-order chi connectivity index (χ1) is 12.5. The van der Waals surface area contributed by atoms with Gasteiger partial charge in [0.25, 0.3) is 10.0 Å². The van der Waals surface area contributed by atoms with Gasteiger partial charge >= 0.3 is 6.09 Å². The van der Waals surface area contributed by atoms with E-state index in [1.54, 1.807) is 12.1 Å². The van der Waals surface area contributed by atoms with Crippen molar-refractivity contribution in [1.29, 1.82) is 0 Å². The van der Waals surface area contributed by atoms with E-state index in [0.717, 1.165) is 5.56 Å². The first-order valence-electron chi connectivity index (χ1n) is 7.66. The van der Waals surface area contributed by atoms with E-state index in [4.69, 9.17) is 4.74 Å². The van der Waals surface area contributed by atoms with Crippen LogP contribution in [0.1, 0.15) is 11.1 Å². The van der Waals surface area contributed by atoms with Crippen molar-refractivity contribution in [3.05, 3.63) is 60.0 Å². The highest BCUT2D eigenvalue weighted by atomic mass is 79.9. The molecule has 0 fully saturated rings. The number of aromatic nitrogens is 2. The molecular formula is C17H16BrN3O4S. The molecule has 0 saturated heterocycles. The molecule has 0 aliphatic heterocycles. The standard InChI is InChI=1S/C17H16BrN3O4S/c1-19-17(22)25-11-13-10-21(16-7-12(8-18)4-5-15(13)16)26(23,24)14-3-2-6-20-9-14/h2-7,9-10H,8,11H2,1H3,(H,19,22). The molecule has 3 aromatic rings. The van der Waals surface area contributed by atoms with Crippen LogP contribution in [0, 0.1) is 0 Å². The third-order valence-corrected chi connectivity index (χ3v) is 6.13. The summed E-state index contributed by atoms with van der Waals surface area (Å²) in [4.78, 5) is 15.3. The second-order valence-corrected chi connectivity index (χ2v) is 7.83. The molecule has 136 valence electrons. The summed E-state index contributed by atoms with van der Waals surface area (Å²) in [5.41, 5.74) is 2.04. The minimum absolute atomic E-state index is 0.0423. The van der Waals surface area contributed by atoms with E-state index in [-0.39, 0.29) is 11.5 Å². The average Bonchev–Trinajstić information content (AvgIpc) is 3.05. The summed E-state index contributed by atoms with van der Waals surface area (Å²) in [6.45, 7) is -0.0423. The van der Waals surface area contributed by atoms with E-state index in [9.17, 15) is 13.2 Å². The van der Waals surface area contributed by atoms with Crippen LogP contribution in [0.3, 0.4) is 0 Å². The first-order valence-corrected chi connectivity index (χ1v) is 10.2. The summed E-state index contributed by atoms with van der Waals surface area (Å²) in [6, 6.07) is 8.56. The minimum Gasteiger partial charge on any atom is -0.445 e. The van der Waals surface area contributed by atoms with E-state index >= 15 is 0 Å². The molecule has 9 heteroatoms. The van der Waals surface area contributed by atoms with Crippen LogP contribution in [0.25, 0.3) is 10.9 Å². The van der Waals surface area contributed by atoms with Crippen LogP contribution < -0.4 is 5.32 Å². The maximum absolute atomic E-state index is 13.0. The molecule has 26 heavy (non-hydrogen) atoms. The van der Waals surface area contributed by atoms with Crippen molar-refractivity contribution >= 4 is 42.9 Å². The van der Waals surface area contributed by atoms with Gasteiger partial charge in [-0.3, -0.25) is 4.98 Å². The predicted molar refractivity (Wildman–Crippen MR) is 101 cm³/mol. The largest absolute Gasteiger partial charge is 0.445 e. The zero-order chi connectivity index (χ0) is 18.7. The number of benzene rings is 1. The number of pyridine rings is 1. The van der Waals surface area contributed by atoms with E-state index in [1.807, 2.05) is 12.1 Å². The summed E-state index contributed by atoms with van der Waals surface area (Å²) in [5, 5.41) is 3.65. The number of halogens is 1. The Kier molecular flexibility index (Phi) is 5.28. The van der Waals surface area contributed by atoms with Gasteiger partial charge in [0, 0.05) is 41.9 Å². The van der Waals surface area contributed by atoms with Crippen LogP contribution in [0.2, 0.25) is 0 Å². The molecular weight excluding hydrogens is 422 g/mol. The third kappa shape index (κ3) is 3.45. The Labute approximate surface area is 159 Å². The Morgan fingerprint density at radius 1 is 1.35 bits per heavy atom. The molecule has 2 heterocycles. The van der Waals surface area contributed by atoms with Crippen LogP contribution in [0.5, 0.6) is 0 Å². The zero-order valence-electron chi connectivity index (χ0n) is 13.8. The number of alkyl carbamates (subject to hydrolysis) is 1. The zero-order valence-corrected chi connectivity index (χ0v) is 16.2. The van der Waals surface area contributed by atoms with Crippen molar-refractivity contribution in [3.8, 4) is 0 Å². The van der Waals surface area contributed by atoms with Crippen LogP contribution in [-0.2, 0) is 26.7 Å². The molecule has 2 aromatic heterocycles. The van der Waals surface area contributed by atoms with E-state index in [1.165, 1.54) is 35.7 Å². The summed E-state index contributed by atoms with van der Waals surface area (Å²) in [6.07, 6.45) is 3.71. The molecule has 0 radical (unpaired) electrons. The number of carbonyl (C=O) groups is 1. The van der Waals surface area contributed by atoms with E-state index in [0.29, 0.717) is 21.8 Å². The lowest BCUT2D eigenvalue weighted by Crippen LogP contribution is -2.18. The lowest BCUT2D eigenvalue weighted by atomic mass is 10.1. The summed E-state index contributed by atoms with van der Waals surface area (Å²) < 4.78 is 32.4. The summed E-state index contributed by atoms with van der Waals surface area (Å²) >= 11 is 3.38. The molecule has 3 rings (SSSR count). The highest BCUT2D eigenvalue weighted by Crippen LogP contribution is 2.28. The number of hydrogen-bond acceptors (Lipinski definition) is 5. The van der Waals surface area contributed by atoms with Crippen LogP contribution in [0.4, 0.5) is 4.79 Å². The van der Waals surface area contributed by atoms with Crippen LogP contribution in [-0.4, -0.2) is 30.5 Å². The van der Waals surface area contributed by atoms with Gasteiger partial charge in [0.1, 0.15) is 11.5 Å². The molecule has 0 bridgehead atoms. The lowest BCUT2D eigenvalue weighted by molar-refractivity contribution is 0.142. The first kappa shape index (κ1) is 18.4. The normalized spacial score (nSPS) is 11.5. The molecule has 1 aromatic carbocycles. The fraction of sp³-hybridized carbons (Fsp3) is 0.176. The molecule has 0 aliphatic carbocycles. The molecule has 1 N–H and O–H groups in total. The summed E-state index contributed by atoms with van der Waals surface area (Å²) in [5.74, 6) is 0. The predicted octanol–water partition coefficient (Wildman–Crippen LogP) is 3.02. The number of amides is 1. The van der Waals surface area contributed by atoms with Gasteiger partial charge in [-0.1, -0.05) is 28.1 Å². The number of ether oxygens (including phenoxy) is 1. The van der Waals surface area contributed by atoms with Crippen LogP contribution in [0.15, 0.2) is 53.8 Å². The number of rotatable bonds is 5. The van der Waals surface area contributed by atoms with Gasteiger partial charge in [-0.2, -0.15) is 0 Å². The van der Waals surface area contributed by atoms with Gasteiger partial charge in [-0.15, -0.1) is 0 Å². The monoisotopic (exact) mass is 437 g/mol. The van der Waals surface area contributed by atoms with E-state index < -0.39 is 16.1 Å².